The topological polar surface area (TPSA) is 44.9 Å². The van der Waals surface area contributed by atoms with Gasteiger partial charge in [0.2, 0.25) is 5.91 Å². The van der Waals surface area contributed by atoms with Gasteiger partial charge in [-0.1, -0.05) is 35.9 Å². The maximum atomic E-state index is 12.3. The summed E-state index contributed by atoms with van der Waals surface area (Å²) in [4.78, 5) is 15.7. The fourth-order valence-corrected chi connectivity index (χ4v) is 4.14. The normalized spacial score (nSPS) is 23.2. The van der Waals surface area contributed by atoms with Gasteiger partial charge in [0.15, 0.2) is 0 Å². The molecule has 1 heterocycles. The van der Waals surface area contributed by atoms with Gasteiger partial charge in [-0.3, -0.25) is 4.79 Å². The van der Waals surface area contributed by atoms with Gasteiger partial charge in [-0.2, -0.15) is 0 Å². The lowest BCUT2D eigenvalue weighted by molar-refractivity contribution is -0.122. The fraction of sp³-hybridized carbons (Fsp3) is 0.421. The number of halogens is 1. The van der Waals surface area contributed by atoms with Crippen molar-refractivity contribution in [1.82, 2.24) is 10.3 Å². The molecule has 23 heavy (non-hydrogen) atoms. The zero-order valence-electron chi connectivity index (χ0n) is 13.1. The maximum absolute atomic E-state index is 12.3. The number of rotatable bonds is 3. The first-order valence-electron chi connectivity index (χ1n) is 8.44. The molecular formula is C19H21ClN2O. The second kappa shape index (κ2) is 6.04. The van der Waals surface area contributed by atoms with Crippen LogP contribution >= 0.6 is 11.6 Å². The number of H-pyrrole nitrogens is 1. The molecule has 4 rings (SSSR count). The van der Waals surface area contributed by atoms with Crippen LogP contribution in [-0.4, -0.2) is 16.9 Å². The summed E-state index contributed by atoms with van der Waals surface area (Å²) < 4.78 is 0. The third-order valence-electron chi connectivity index (χ3n) is 5.10. The van der Waals surface area contributed by atoms with Crippen molar-refractivity contribution in [2.24, 2.45) is 5.92 Å². The monoisotopic (exact) mass is 328 g/mol. The molecule has 0 fully saturated rings. The Balaban J connectivity index is 1.48. The summed E-state index contributed by atoms with van der Waals surface area (Å²) in [5.41, 5.74) is 3.62. The van der Waals surface area contributed by atoms with E-state index in [4.69, 9.17) is 11.6 Å². The number of aromatic amines is 1. The average molecular weight is 329 g/mol. The van der Waals surface area contributed by atoms with Crippen LogP contribution in [0.3, 0.4) is 0 Å². The minimum atomic E-state index is 0.188. The molecule has 0 bridgehead atoms. The summed E-state index contributed by atoms with van der Waals surface area (Å²) in [6, 6.07) is 6.26. The summed E-state index contributed by atoms with van der Waals surface area (Å²) >= 11 is 6.29. The fourth-order valence-electron chi connectivity index (χ4n) is 3.92. The number of fused-ring (bicyclic) bond motifs is 3. The van der Waals surface area contributed by atoms with Gasteiger partial charge in [-0.25, -0.2) is 0 Å². The number of allylic oxidation sites excluding steroid dienone is 2. The van der Waals surface area contributed by atoms with Crippen molar-refractivity contribution in [3.05, 3.63) is 46.6 Å². The molecule has 1 aromatic carbocycles. The zero-order chi connectivity index (χ0) is 15.8. The van der Waals surface area contributed by atoms with Crippen LogP contribution in [0.15, 0.2) is 30.4 Å². The number of aromatic nitrogens is 1. The number of carbonyl (C=O) groups excluding carboxylic acids is 1. The number of hydrogen-bond donors (Lipinski definition) is 2. The van der Waals surface area contributed by atoms with E-state index in [0.717, 1.165) is 42.6 Å². The van der Waals surface area contributed by atoms with Crippen LogP contribution in [0.4, 0.5) is 0 Å². The standard InChI is InChI=1S/C19H21ClN2O/c20-16-7-3-6-14-15-11-13(8-9-17(15)22-19(14)16)21-18(23)10-12-4-1-2-5-12/h1,3-4,6-7,12-13,22H,2,5,8-11H2,(H,21,23)/t12-,13-/m1/s1. The second-order valence-electron chi connectivity index (χ2n) is 6.72. The van der Waals surface area contributed by atoms with E-state index in [1.54, 1.807) is 0 Å². The number of hydrogen-bond acceptors (Lipinski definition) is 1. The van der Waals surface area contributed by atoms with Crippen molar-refractivity contribution in [3.8, 4) is 0 Å². The second-order valence-corrected chi connectivity index (χ2v) is 7.13. The minimum Gasteiger partial charge on any atom is -0.357 e. The lowest BCUT2D eigenvalue weighted by atomic mass is 9.91. The van der Waals surface area contributed by atoms with Crippen LogP contribution in [-0.2, 0) is 17.6 Å². The summed E-state index contributed by atoms with van der Waals surface area (Å²) in [5.74, 6) is 0.619. The van der Waals surface area contributed by atoms with Crippen LogP contribution in [0.2, 0.25) is 5.02 Å². The van der Waals surface area contributed by atoms with Gasteiger partial charge in [-0.05, 0) is 49.7 Å². The average Bonchev–Trinajstić information content (AvgIpc) is 3.15. The molecule has 1 aromatic heterocycles. The van der Waals surface area contributed by atoms with Gasteiger partial charge >= 0.3 is 0 Å². The molecule has 120 valence electrons. The van der Waals surface area contributed by atoms with E-state index in [2.05, 4.69) is 28.5 Å². The van der Waals surface area contributed by atoms with E-state index in [-0.39, 0.29) is 11.9 Å². The van der Waals surface area contributed by atoms with Crippen molar-refractivity contribution >= 4 is 28.4 Å². The highest BCUT2D eigenvalue weighted by Gasteiger charge is 2.25. The Morgan fingerprint density at radius 3 is 3.09 bits per heavy atom. The lowest BCUT2D eigenvalue weighted by Gasteiger charge is -2.24. The molecule has 2 aromatic rings. The molecule has 0 spiro atoms. The van der Waals surface area contributed by atoms with Crippen molar-refractivity contribution in [1.29, 1.82) is 0 Å². The van der Waals surface area contributed by atoms with E-state index in [9.17, 15) is 4.79 Å². The number of nitrogens with one attached hydrogen (secondary N) is 2. The van der Waals surface area contributed by atoms with Crippen LogP contribution < -0.4 is 5.32 Å². The molecule has 2 N–H and O–H groups in total. The molecule has 0 saturated carbocycles. The van der Waals surface area contributed by atoms with E-state index in [1.807, 2.05) is 12.1 Å². The summed E-state index contributed by atoms with van der Waals surface area (Å²) in [7, 11) is 0. The molecule has 1 amide bonds. The SMILES string of the molecule is O=C(C[C@@H]1C=CCC1)N[C@@H]1CCc2[nH]c3c(Cl)cccc3c2C1. The number of para-hydroxylation sites is 1. The Morgan fingerprint density at radius 2 is 2.26 bits per heavy atom. The van der Waals surface area contributed by atoms with Gasteiger partial charge in [0, 0.05) is 23.5 Å². The molecular weight excluding hydrogens is 308 g/mol. The third-order valence-corrected chi connectivity index (χ3v) is 5.41. The molecule has 2 atom stereocenters. The highest BCUT2D eigenvalue weighted by Crippen LogP contribution is 2.32. The minimum absolute atomic E-state index is 0.188. The van der Waals surface area contributed by atoms with Gasteiger partial charge in [0.05, 0.1) is 10.5 Å². The summed E-state index contributed by atoms with van der Waals surface area (Å²) in [6.45, 7) is 0. The molecule has 2 aliphatic rings. The first-order valence-corrected chi connectivity index (χ1v) is 8.82. The van der Waals surface area contributed by atoms with E-state index in [0.29, 0.717) is 12.3 Å². The van der Waals surface area contributed by atoms with Crippen molar-refractivity contribution in [2.45, 2.75) is 44.6 Å². The molecule has 0 radical (unpaired) electrons. The third kappa shape index (κ3) is 2.90. The van der Waals surface area contributed by atoms with Crippen molar-refractivity contribution in [3.63, 3.8) is 0 Å². The van der Waals surface area contributed by atoms with Crippen molar-refractivity contribution < 1.29 is 4.79 Å². The smallest absolute Gasteiger partial charge is 0.220 e. The van der Waals surface area contributed by atoms with E-state index in [1.165, 1.54) is 16.6 Å². The van der Waals surface area contributed by atoms with E-state index >= 15 is 0 Å². The molecule has 3 nitrogen and oxygen atoms in total. The number of amides is 1. The van der Waals surface area contributed by atoms with Crippen molar-refractivity contribution in [2.75, 3.05) is 0 Å². The van der Waals surface area contributed by atoms with Crippen LogP contribution in [0.1, 0.15) is 36.9 Å². The maximum Gasteiger partial charge on any atom is 0.220 e. The van der Waals surface area contributed by atoms with Crippen LogP contribution in [0.5, 0.6) is 0 Å². The van der Waals surface area contributed by atoms with Crippen LogP contribution in [0.25, 0.3) is 10.9 Å². The quantitative estimate of drug-likeness (QED) is 0.817. The predicted octanol–water partition coefficient (Wildman–Crippen LogP) is 4.15. The number of benzene rings is 1. The Kier molecular flexibility index (Phi) is 3.90. The Hall–Kier alpha value is -1.74. The van der Waals surface area contributed by atoms with Gasteiger partial charge in [-0.15, -0.1) is 0 Å². The first-order chi connectivity index (χ1) is 11.2. The summed E-state index contributed by atoms with van der Waals surface area (Å²) in [6.07, 6.45) is 10.1. The van der Waals surface area contributed by atoms with Crippen LogP contribution in [0, 0.1) is 5.92 Å². The Labute approximate surface area is 141 Å². The molecule has 0 saturated heterocycles. The predicted molar refractivity (Wildman–Crippen MR) is 93.7 cm³/mol. The van der Waals surface area contributed by atoms with E-state index < -0.39 is 0 Å². The highest BCUT2D eigenvalue weighted by molar-refractivity contribution is 6.35. The van der Waals surface area contributed by atoms with Gasteiger partial charge in [0.25, 0.3) is 0 Å². The highest BCUT2D eigenvalue weighted by atomic mass is 35.5. The zero-order valence-corrected chi connectivity index (χ0v) is 13.8. The number of aryl methyl sites for hydroxylation is 1. The number of carbonyl (C=O) groups is 1. The summed E-state index contributed by atoms with van der Waals surface area (Å²) in [5, 5.41) is 5.20. The largest absolute Gasteiger partial charge is 0.357 e. The molecule has 2 aliphatic carbocycles. The molecule has 0 unspecified atom stereocenters. The first kappa shape index (κ1) is 14.8. The van der Waals surface area contributed by atoms with Gasteiger partial charge < -0.3 is 10.3 Å². The molecule has 0 aliphatic heterocycles. The Bertz CT molecular complexity index is 777. The van der Waals surface area contributed by atoms with Gasteiger partial charge in [0.1, 0.15) is 0 Å². The Morgan fingerprint density at radius 1 is 1.35 bits per heavy atom. The lowest BCUT2D eigenvalue weighted by Crippen LogP contribution is -2.39. The molecule has 4 heteroatoms.